The third kappa shape index (κ3) is 8.46. The number of aliphatic imine (C=N–C) groups is 1. The lowest BCUT2D eigenvalue weighted by molar-refractivity contribution is 0.0411. The highest BCUT2D eigenvalue weighted by Gasteiger charge is 2.32. The standard InChI is InChI=1S/C26H49N5/c1-9-13-21(5)22(6)19-28-26(23(7)29(8)27)30-17-18-31(25(20-30)16-12-4)24(14-10-2)15-11-3/h19,24-25H,5-6,9-18,20,27H2,1-4,7-8H3/b26-23-,28-19-. The molecule has 2 N–H and O–H groups in total. The van der Waals surface area contributed by atoms with E-state index in [0.29, 0.717) is 12.1 Å². The van der Waals surface area contributed by atoms with Crippen molar-refractivity contribution < 1.29 is 0 Å². The van der Waals surface area contributed by atoms with Gasteiger partial charge in [0.15, 0.2) is 0 Å². The van der Waals surface area contributed by atoms with E-state index in [1.807, 2.05) is 13.3 Å². The first-order valence-electron chi connectivity index (χ1n) is 12.4. The molecule has 0 saturated carbocycles. The summed E-state index contributed by atoms with van der Waals surface area (Å²) >= 11 is 0. The van der Waals surface area contributed by atoms with Crippen LogP contribution < -0.4 is 5.84 Å². The first-order valence-corrected chi connectivity index (χ1v) is 12.4. The summed E-state index contributed by atoms with van der Waals surface area (Å²) < 4.78 is 0. The molecule has 31 heavy (non-hydrogen) atoms. The normalized spacial score (nSPS) is 18.6. The van der Waals surface area contributed by atoms with Gasteiger partial charge in [-0.1, -0.05) is 66.5 Å². The summed E-state index contributed by atoms with van der Waals surface area (Å²) in [6.45, 7) is 22.5. The molecule has 1 aliphatic rings. The lowest BCUT2D eigenvalue weighted by atomic mass is 9.98. The van der Waals surface area contributed by atoms with E-state index in [4.69, 9.17) is 10.8 Å². The third-order valence-corrected chi connectivity index (χ3v) is 6.36. The predicted molar refractivity (Wildman–Crippen MR) is 137 cm³/mol. The molecule has 0 aromatic rings. The van der Waals surface area contributed by atoms with Crippen molar-refractivity contribution in [2.45, 2.75) is 98.1 Å². The van der Waals surface area contributed by atoms with Crippen molar-refractivity contribution in [2.75, 3.05) is 26.7 Å². The van der Waals surface area contributed by atoms with Crippen LogP contribution in [0, 0.1) is 0 Å². The molecule has 5 heteroatoms. The third-order valence-electron chi connectivity index (χ3n) is 6.36. The van der Waals surface area contributed by atoms with Gasteiger partial charge >= 0.3 is 0 Å². The molecular formula is C26H49N5. The van der Waals surface area contributed by atoms with E-state index in [1.165, 1.54) is 38.5 Å². The lowest BCUT2D eigenvalue weighted by Gasteiger charge is -2.46. The number of allylic oxidation sites excluding steroid dienone is 3. The fourth-order valence-electron chi connectivity index (χ4n) is 4.53. The maximum atomic E-state index is 6.13. The zero-order valence-corrected chi connectivity index (χ0v) is 21.3. The van der Waals surface area contributed by atoms with Crippen LogP contribution in [0.15, 0.2) is 40.8 Å². The second-order valence-corrected chi connectivity index (χ2v) is 9.01. The number of hydrazine groups is 1. The number of piperazine rings is 1. The van der Waals surface area contributed by atoms with E-state index in [0.717, 1.165) is 55.1 Å². The Labute approximate surface area is 192 Å². The van der Waals surface area contributed by atoms with Crippen LogP contribution in [0.25, 0.3) is 0 Å². The average Bonchev–Trinajstić information content (AvgIpc) is 2.74. The minimum absolute atomic E-state index is 0.557. The summed E-state index contributed by atoms with van der Waals surface area (Å²) in [5.74, 6) is 7.09. The fourth-order valence-corrected chi connectivity index (χ4v) is 4.53. The van der Waals surface area contributed by atoms with Crippen molar-refractivity contribution in [3.05, 3.63) is 35.8 Å². The van der Waals surface area contributed by atoms with Crippen molar-refractivity contribution in [3.63, 3.8) is 0 Å². The molecular weight excluding hydrogens is 382 g/mol. The van der Waals surface area contributed by atoms with Gasteiger partial charge in [0.1, 0.15) is 5.82 Å². The van der Waals surface area contributed by atoms with Crippen molar-refractivity contribution >= 4 is 6.21 Å². The van der Waals surface area contributed by atoms with Gasteiger partial charge in [0, 0.05) is 45.0 Å². The van der Waals surface area contributed by atoms with Crippen LogP contribution in [0.2, 0.25) is 0 Å². The number of nitrogens with two attached hydrogens (primary N) is 1. The van der Waals surface area contributed by atoms with Gasteiger partial charge in [-0.25, -0.2) is 10.8 Å². The number of nitrogens with zero attached hydrogens (tertiary/aromatic N) is 4. The highest BCUT2D eigenvalue weighted by atomic mass is 15.4. The van der Waals surface area contributed by atoms with Crippen molar-refractivity contribution in [3.8, 4) is 0 Å². The zero-order valence-electron chi connectivity index (χ0n) is 21.3. The molecule has 1 rings (SSSR count). The van der Waals surface area contributed by atoms with E-state index >= 15 is 0 Å². The van der Waals surface area contributed by atoms with E-state index in [-0.39, 0.29) is 0 Å². The predicted octanol–water partition coefficient (Wildman–Crippen LogP) is 5.72. The second-order valence-electron chi connectivity index (χ2n) is 9.01. The van der Waals surface area contributed by atoms with E-state index < -0.39 is 0 Å². The molecule has 5 nitrogen and oxygen atoms in total. The van der Waals surface area contributed by atoms with Crippen molar-refractivity contribution in [1.29, 1.82) is 0 Å². The molecule has 0 aromatic heterocycles. The summed E-state index contributed by atoms with van der Waals surface area (Å²) in [6.07, 6.45) is 11.4. The highest BCUT2D eigenvalue weighted by Crippen LogP contribution is 2.26. The van der Waals surface area contributed by atoms with Gasteiger partial charge in [0.05, 0.1) is 5.70 Å². The molecule has 1 aliphatic heterocycles. The van der Waals surface area contributed by atoms with E-state index in [1.54, 1.807) is 5.01 Å². The Bertz CT molecular complexity index is 613. The van der Waals surface area contributed by atoms with E-state index in [9.17, 15) is 0 Å². The van der Waals surface area contributed by atoms with Gasteiger partial charge in [-0.3, -0.25) is 4.90 Å². The summed E-state index contributed by atoms with van der Waals surface area (Å²) in [6, 6.07) is 1.25. The monoisotopic (exact) mass is 431 g/mol. The fraction of sp³-hybridized carbons (Fsp3) is 0.731. The minimum atomic E-state index is 0.557. The summed E-state index contributed by atoms with van der Waals surface area (Å²) in [7, 11) is 1.88. The van der Waals surface area contributed by atoms with Gasteiger partial charge in [-0.15, -0.1) is 0 Å². The van der Waals surface area contributed by atoms with Crippen molar-refractivity contribution in [2.24, 2.45) is 10.8 Å². The molecule has 1 saturated heterocycles. The summed E-state index contributed by atoms with van der Waals surface area (Å²) in [4.78, 5) is 10.1. The van der Waals surface area contributed by atoms with Gasteiger partial charge in [-0.2, -0.15) is 0 Å². The van der Waals surface area contributed by atoms with Crippen LogP contribution in [-0.2, 0) is 0 Å². The minimum Gasteiger partial charge on any atom is -0.352 e. The smallest absolute Gasteiger partial charge is 0.149 e. The SMILES string of the molecule is C=C(/C=N\C(=C(/C)N(C)N)N1CCN(C(CCC)CCC)C(CCC)C1)C(=C)CCC. The quantitative estimate of drug-likeness (QED) is 0.165. The molecule has 0 amide bonds. The molecule has 0 radical (unpaired) electrons. The van der Waals surface area contributed by atoms with Crippen LogP contribution in [0.3, 0.4) is 0 Å². The van der Waals surface area contributed by atoms with Crippen LogP contribution >= 0.6 is 0 Å². The molecule has 1 atom stereocenters. The molecule has 0 aliphatic carbocycles. The average molecular weight is 432 g/mol. The Kier molecular flexibility index (Phi) is 12.8. The zero-order chi connectivity index (χ0) is 23.4. The molecule has 1 fully saturated rings. The molecule has 178 valence electrons. The number of rotatable bonds is 14. The Morgan fingerprint density at radius 2 is 1.74 bits per heavy atom. The largest absolute Gasteiger partial charge is 0.352 e. The Balaban J connectivity index is 3.12. The molecule has 1 heterocycles. The molecule has 0 bridgehead atoms. The number of hydrogen-bond acceptors (Lipinski definition) is 5. The lowest BCUT2D eigenvalue weighted by Crippen LogP contribution is -2.56. The summed E-state index contributed by atoms with van der Waals surface area (Å²) in [5.41, 5.74) is 2.94. The first kappa shape index (κ1) is 27.4. The van der Waals surface area contributed by atoms with Crippen LogP contribution in [-0.4, -0.2) is 59.8 Å². The maximum absolute atomic E-state index is 6.13. The van der Waals surface area contributed by atoms with Gasteiger partial charge in [-0.05, 0) is 43.8 Å². The summed E-state index contributed by atoms with van der Waals surface area (Å²) in [5, 5.41) is 1.68. The van der Waals surface area contributed by atoms with Crippen molar-refractivity contribution in [1.82, 2.24) is 14.8 Å². The molecule has 0 spiro atoms. The Morgan fingerprint density at radius 1 is 1.10 bits per heavy atom. The Morgan fingerprint density at radius 3 is 2.26 bits per heavy atom. The van der Waals surface area contributed by atoms with Crippen LogP contribution in [0.5, 0.6) is 0 Å². The maximum Gasteiger partial charge on any atom is 0.149 e. The van der Waals surface area contributed by atoms with Crippen LogP contribution in [0.4, 0.5) is 0 Å². The Hall–Kier alpha value is -1.59. The molecule has 0 aromatic carbocycles. The molecule has 1 unspecified atom stereocenters. The topological polar surface area (TPSA) is 48.1 Å². The van der Waals surface area contributed by atoms with Gasteiger partial charge in [0.2, 0.25) is 0 Å². The van der Waals surface area contributed by atoms with E-state index in [2.05, 4.69) is 57.6 Å². The number of hydrogen-bond donors (Lipinski definition) is 1. The van der Waals surface area contributed by atoms with Gasteiger partial charge < -0.3 is 9.91 Å². The van der Waals surface area contributed by atoms with Crippen LogP contribution in [0.1, 0.15) is 86.0 Å². The van der Waals surface area contributed by atoms with Gasteiger partial charge in [0.25, 0.3) is 0 Å². The first-order chi connectivity index (χ1) is 14.8. The highest BCUT2D eigenvalue weighted by molar-refractivity contribution is 5.84. The second kappa shape index (κ2) is 14.5.